The second kappa shape index (κ2) is 6.50. The van der Waals surface area contributed by atoms with E-state index in [0.717, 1.165) is 46.9 Å². The van der Waals surface area contributed by atoms with E-state index in [0.29, 0.717) is 11.5 Å². The number of ether oxygens (including phenoxy) is 1. The van der Waals surface area contributed by atoms with E-state index in [1.807, 2.05) is 30.3 Å². The van der Waals surface area contributed by atoms with Crippen molar-refractivity contribution in [2.75, 3.05) is 18.4 Å². The third-order valence-corrected chi connectivity index (χ3v) is 4.75. The van der Waals surface area contributed by atoms with Crippen LogP contribution in [0.2, 0.25) is 0 Å². The number of rotatable bonds is 4. The molecule has 1 atom stereocenters. The van der Waals surface area contributed by atoms with Crippen molar-refractivity contribution >= 4 is 17.1 Å². The normalized spacial score (nSPS) is 17.3. The molecule has 0 aromatic heterocycles. The van der Waals surface area contributed by atoms with Crippen LogP contribution in [-0.2, 0) is 0 Å². The first-order valence-electron chi connectivity index (χ1n) is 9.05. The fourth-order valence-electron chi connectivity index (χ4n) is 3.56. The molecule has 1 aliphatic carbocycles. The van der Waals surface area contributed by atoms with Crippen LogP contribution < -0.4 is 15.4 Å². The molecule has 0 spiro atoms. The summed E-state index contributed by atoms with van der Waals surface area (Å²) in [6.07, 6.45) is 2.04. The highest BCUT2D eigenvalue weighted by atomic mass is 16.5. The lowest BCUT2D eigenvalue weighted by atomic mass is 9.88. The molecule has 1 unspecified atom stereocenters. The monoisotopic (exact) mass is 349 g/mol. The number of hydrogen-bond acceptors (Lipinski definition) is 5. The molecule has 0 fully saturated rings. The zero-order valence-electron chi connectivity index (χ0n) is 15.3. The maximum Gasteiger partial charge on any atom is 0.155 e. The molecule has 3 N–H and O–H groups in total. The van der Waals surface area contributed by atoms with Gasteiger partial charge >= 0.3 is 0 Å². The van der Waals surface area contributed by atoms with E-state index in [4.69, 9.17) is 9.73 Å². The van der Waals surface area contributed by atoms with E-state index in [1.165, 1.54) is 0 Å². The van der Waals surface area contributed by atoms with Gasteiger partial charge in [0.1, 0.15) is 17.1 Å². The van der Waals surface area contributed by atoms with Gasteiger partial charge in [-0.1, -0.05) is 19.1 Å². The molecule has 1 aliphatic heterocycles. The number of aryl methyl sites for hydroxylation is 1. The molecule has 0 saturated carbocycles. The number of allylic oxidation sites excluding steroid dienone is 1. The van der Waals surface area contributed by atoms with Crippen molar-refractivity contribution in [3.63, 3.8) is 0 Å². The van der Waals surface area contributed by atoms with Crippen molar-refractivity contribution in [3.8, 4) is 11.5 Å². The standard InChI is InChI=1S/C21H23N3O2/c1-4-22-14-10-18-16(9-12(14)3)24-21-19(26-18)11-15(23-5-2)13-7-6-8-17(25)20(13)21/h6-11,15,22-23,25H,4-5H2,1-3H3. The minimum Gasteiger partial charge on any atom is -0.507 e. The zero-order chi connectivity index (χ0) is 18.3. The lowest BCUT2D eigenvalue weighted by Crippen LogP contribution is -2.29. The number of fused-ring (bicyclic) bond motifs is 4. The number of nitrogens with zero attached hydrogens (tertiary/aromatic N) is 1. The lowest BCUT2D eigenvalue weighted by Gasteiger charge is -2.30. The van der Waals surface area contributed by atoms with E-state index in [2.05, 4.69) is 31.4 Å². The molecule has 26 heavy (non-hydrogen) atoms. The minimum atomic E-state index is -0.0173. The molecule has 5 nitrogen and oxygen atoms in total. The first-order chi connectivity index (χ1) is 12.6. The molecule has 2 aromatic rings. The highest BCUT2D eigenvalue weighted by Gasteiger charge is 2.32. The number of phenolic OH excluding ortho intramolecular Hbond substituents is 1. The second-order valence-corrected chi connectivity index (χ2v) is 6.54. The van der Waals surface area contributed by atoms with Gasteiger partial charge in [0, 0.05) is 18.3 Å². The summed E-state index contributed by atoms with van der Waals surface area (Å²) in [5.74, 6) is 1.64. The Morgan fingerprint density at radius 1 is 1.19 bits per heavy atom. The van der Waals surface area contributed by atoms with Gasteiger partial charge in [-0.2, -0.15) is 0 Å². The Hall–Kier alpha value is -2.79. The third-order valence-electron chi connectivity index (χ3n) is 4.75. The summed E-state index contributed by atoms with van der Waals surface area (Å²) in [7, 11) is 0. The molecule has 2 aliphatic rings. The van der Waals surface area contributed by atoms with E-state index in [1.54, 1.807) is 6.07 Å². The molecule has 5 heteroatoms. The molecule has 4 rings (SSSR count). The van der Waals surface area contributed by atoms with Crippen molar-refractivity contribution in [3.05, 3.63) is 58.9 Å². The first-order valence-corrected chi connectivity index (χ1v) is 9.05. The van der Waals surface area contributed by atoms with Crippen molar-refractivity contribution in [2.45, 2.75) is 26.8 Å². The summed E-state index contributed by atoms with van der Waals surface area (Å²) in [5.41, 5.74) is 5.40. The van der Waals surface area contributed by atoms with Gasteiger partial charge in [0.25, 0.3) is 0 Å². The van der Waals surface area contributed by atoms with Gasteiger partial charge in [0.05, 0.1) is 11.6 Å². The Labute approximate surface area is 153 Å². The lowest BCUT2D eigenvalue weighted by molar-refractivity contribution is 0.435. The van der Waals surface area contributed by atoms with Crippen molar-refractivity contribution in [1.29, 1.82) is 0 Å². The number of likely N-dealkylation sites (N-methyl/N-ethyl adjacent to an activating group) is 1. The van der Waals surface area contributed by atoms with Gasteiger partial charge < -0.3 is 20.5 Å². The van der Waals surface area contributed by atoms with Crippen LogP contribution in [0.5, 0.6) is 11.5 Å². The van der Waals surface area contributed by atoms with Crippen LogP contribution in [0, 0.1) is 6.92 Å². The van der Waals surface area contributed by atoms with E-state index in [9.17, 15) is 5.11 Å². The average Bonchev–Trinajstić information content (AvgIpc) is 2.62. The fourth-order valence-corrected chi connectivity index (χ4v) is 3.56. The van der Waals surface area contributed by atoms with Crippen molar-refractivity contribution in [1.82, 2.24) is 5.32 Å². The van der Waals surface area contributed by atoms with E-state index in [-0.39, 0.29) is 11.8 Å². The fraction of sp³-hybridized carbons (Fsp3) is 0.286. The van der Waals surface area contributed by atoms with Crippen LogP contribution in [-0.4, -0.2) is 23.9 Å². The van der Waals surface area contributed by atoms with Crippen LogP contribution in [0.1, 0.15) is 36.6 Å². The summed E-state index contributed by atoms with van der Waals surface area (Å²) in [4.78, 5) is 4.83. The van der Waals surface area contributed by atoms with E-state index < -0.39 is 0 Å². The van der Waals surface area contributed by atoms with Crippen molar-refractivity contribution in [2.24, 2.45) is 4.99 Å². The van der Waals surface area contributed by atoms with Gasteiger partial charge in [-0.25, -0.2) is 4.99 Å². The van der Waals surface area contributed by atoms with Crippen LogP contribution in [0.25, 0.3) is 0 Å². The second-order valence-electron chi connectivity index (χ2n) is 6.54. The maximum absolute atomic E-state index is 10.5. The molecule has 0 bridgehead atoms. The van der Waals surface area contributed by atoms with Gasteiger partial charge in [-0.05, 0) is 49.7 Å². The summed E-state index contributed by atoms with van der Waals surface area (Å²) in [5, 5.41) is 17.3. The topological polar surface area (TPSA) is 65.9 Å². The number of anilines is 1. The molecule has 0 radical (unpaired) electrons. The number of aliphatic imine (C=N–C) groups is 1. The summed E-state index contributed by atoms with van der Waals surface area (Å²) in [6, 6.07) is 9.58. The third kappa shape index (κ3) is 2.65. The van der Waals surface area contributed by atoms with Gasteiger partial charge in [-0.15, -0.1) is 0 Å². The zero-order valence-corrected chi connectivity index (χ0v) is 15.3. The molecule has 0 amide bonds. The Balaban J connectivity index is 1.88. The summed E-state index contributed by atoms with van der Waals surface area (Å²) in [6.45, 7) is 7.85. The minimum absolute atomic E-state index is 0.0173. The predicted octanol–water partition coefficient (Wildman–Crippen LogP) is 4.19. The smallest absolute Gasteiger partial charge is 0.155 e. The Morgan fingerprint density at radius 2 is 2.04 bits per heavy atom. The molecule has 0 saturated heterocycles. The quantitative estimate of drug-likeness (QED) is 0.774. The maximum atomic E-state index is 10.5. The molecular formula is C21H23N3O2. The molecule has 2 aromatic carbocycles. The number of hydrogen-bond donors (Lipinski definition) is 3. The van der Waals surface area contributed by atoms with Crippen LogP contribution in [0.4, 0.5) is 11.4 Å². The van der Waals surface area contributed by atoms with Gasteiger partial charge in [0.15, 0.2) is 11.5 Å². The molecule has 1 heterocycles. The van der Waals surface area contributed by atoms with Gasteiger partial charge in [-0.3, -0.25) is 0 Å². The first kappa shape index (κ1) is 16.7. The molecular weight excluding hydrogens is 326 g/mol. The van der Waals surface area contributed by atoms with Crippen LogP contribution in [0.15, 0.2) is 47.2 Å². The largest absolute Gasteiger partial charge is 0.507 e. The number of benzene rings is 2. The number of nitrogens with one attached hydrogen (secondary N) is 2. The Kier molecular flexibility index (Phi) is 4.17. The van der Waals surface area contributed by atoms with Crippen LogP contribution in [0.3, 0.4) is 0 Å². The van der Waals surface area contributed by atoms with Crippen molar-refractivity contribution < 1.29 is 9.84 Å². The highest BCUT2D eigenvalue weighted by Crippen LogP contribution is 2.43. The predicted molar refractivity (Wildman–Crippen MR) is 105 cm³/mol. The average molecular weight is 349 g/mol. The Bertz CT molecular complexity index is 931. The molecule has 134 valence electrons. The van der Waals surface area contributed by atoms with Gasteiger partial charge in [0.2, 0.25) is 0 Å². The SMILES string of the molecule is CCNc1cc2c(cc1C)N=C1C(=CC(NCC)c3cccc(O)c31)O2. The highest BCUT2D eigenvalue weighted by molar-refractivity contribution is 6.17. The Morgan fingerprint density at radius 3 is 2.81 bits per heavy atom. The number of phenols is 1. The summed E-state index contributed by atoms with van der Waals surface area (Å²) < 4.78 is 6.21. The summed E-state index contributed by atoms with van der Waals surface area (Å²) >= 11 is 0. The van der Waals surface area contributed by atoms with Crippen LogP contribution >= 0.6 is 0 Å². The van der Waals surface area contributed by atoms with E-state index >= 15 is 0 Å². The number of aromatic hydroxyl groups is 1.